The maximum absolute atomic E-state index is 13.9. The van der Waals surface area contributed by atoms with Gasteiger partial charge in [-0.2, -0.15) is 0 Å². The van der Waals surface area contributed by atoms with E-state index in [0.29, 0.717) is 54.7 Å². The number of ether oxygens (including phenoxy) is 1. The van der Waals surface area contributed by atoms with E-state index in [1.807, 2.05) is 0 Å². The number of hydrogen-bond donors (Lipinski definition) is 4. The number of halogens is 1. The van der Waals surface area contributed by atoms with E-state index in [1.165, 1.54) is 12.5 Å². The number of benzene rings is 1. The van der Waals surface area contributed by atoms with Crippen molar-refractivity contribution in [1.82, 2.24) is 10.6 Å². The lowest BCUT2D eigenvalue weighted by Gasteiger charge is -2.34. The monoisotopic (exact) mass is 601 g/mol. The van der Waals surface area contributed by atoms with Crippen LogP contribution in [-0.2, 0) is 14.3 Å². The Bertz CT molecular complexity index is 1290. The normalized spacial score (nSPS) is 21.0. The Kier molecular flexibility index (Phi) is 10.7. The number of anilines is 1. The number of aromatic carboxylic acids is 1. The molecule has 4 rings (SSSR count). The van der Waals surface area contributed by atoms with Crippen LogP contribution in [0.4, 0.5) is 14.9 Å². The van der Waals surface area contributed by atoms with Crippen molar-refractivity contribution in [1.29, 1.82) is 0 Å². The third-order valence-electron chi connectivity index (χ3n) is 8.50. The van der Waals surface area contributed by atoms with Crippen molar-refractivity contribution in [3.05, 3.63) is 30.0 Å². The van der Waals surface area contributed by atoms with Crippen LogP contribution >= 0.6 is 0 Å². The van der Waals surface area contributed by atoms with Crippen molar-refractivity contribution in [2.45, 2.75) is 103 Å². The number of alkyl halides is 1. The predicted molar refractivity (Wildman–Crippen MR) is 160 cm³/mol. The number of fused-ring (bicyclic) bond motifs is 1. The lowest BCUT2D eigenvalue weighted by atomic mass is 9.78. The average molecular weight is 602 g/mol. The maximum atomic E-state index is 13.9. The largest absolute Gasteiger partial charge is 0.475 e. The fourth-order valence-electron chi connectivity index (χ4n) is 6.26. The molecule has 43 heavy (non-hydrogen) atoms. The maximum Gasteiger partial charge on any atom is 0.407 e. The van der Waals surface area contributed by atoms with Crippen molar-refractivity contribution >= 4 is 40.5 Å². The molecule has 0 aliphatic heterocycles. The van der Waals surface area contributed by atoms with Crippen molar-refractivity contribution in [3.8, 4) is 0 Å². The summed E-state index contributed by atoms with van der Waals surface area (Å²) in [6.45, 7) is 4.53. The van der Waals surface area contributed by atoms with Gasteiger partial charge in [-0.1, -0.05) is 32.1 Å². The summed E-state index contributed by atoms with van der Waals surface area (Å²) in [5.74, 6) is -1.96. The number of alkyl carbamates (subject to hydrolysis) is 1. The zero-order valence-corrected chi connectivity index (χ0v) is 25.2. The first kappa shape index (κ1) is 32.3. The third kappa shape index (κ3) is 9.18. The molecule has 0 unspecified atom stereocenters. The molecule has 4 N–H and O–H groups in total. The van der Waals surface area contributed by atoms with Crippen molar-refractivity contribution in [3.63, 3.8) is 0 Å². The zero-order valence-electron chi connectivity index (χ0n) is 25.2. The number of nitrogens with one attached hydrogen (secondary N) is 3. The fourth-order valence-corrected chi connectivity index (χ4v) is 6.26. The van der Waals surface area contributed by atoms with Gasteiger partial charge in [0.25, 0.3) is 0 Å². The Morgan fingerprint density at radius 1 is 1.00 bits per heavy atom. The summed E-state index contributed by atoms with van der Waals surface area (Å²) in [7, 11) is 0. The predicted octanol–water partition coefficient (Wildman–Crippen LogP) is 6.19. The minimum absolute atomic E-state index is 0.109. The lowest BCUT2D eigenvalue weighted by molar-refractivity contribution is -0.130. The molecule has 0 saturated heterocycles. The standard InChI is InChI=1S/C32H44FN3O7/c1-32(2,3)43-31(41)36-25(18-33)20-9-11-21(12-10-20)28(37)35-24(15-19-7-5-4-6-8-19)29(38)34-23-13-14-26-22(16-23)17-27(42-26)30(39)40/h13-14,16-17,19-21,24-25H,4-12,15,18H2,1-3H3,(H,34,38)(H,35,37)(H,36,41)(H,39,40)/t20?,21?,24-,25+/m0/s1. The summed E-state index contributed by atoms with van der Waals surface area (Å²) < 4.78 is 24.4. The molecular weight excluding hydrogens is 557 g/mol. The number of carboxylic acid groups (broad SMARTS) is 1. The van der Waals surface area contributed by atoms with Crippen LogP contribution < -0.4 is 16.0 Å². The quantitative estimate of drug-likeness (QED) is 0.254. The molecule has 0 bridgehead atoms. The SMILES string of the molecule is CC(C)(C)OC(=O)N[C@H](CF)C1CCC(C(=O)N[C@@H](CC2CCCCC2)C(=O)Nc2ccc3oc(C(=O)O)cc3c2)CC1. The van der Waals surface area contributed by atoms with Gasteiger partial charge in [0.1, 0.15) is 23.9 Å². The van der Waals surface area contributed by atoms with Crippen LogP contribution in [0.2, 0.25) is 0 Å². The molecule has 236 valence electrons. The van der Waals surface area contributed by atoms with Crippen LogP contribution in [-0.4, -0.2) is 53.3 Å². The molecule has 10 nitrogen and oxygen atoms in total. The summed E-state index contributed by atoms with van der Waals surface area (Å²) in [6.07, 6.45) is 7.50. The van der Waals surface area contributed by atoms with E-state index >= 15 is 0 Å². The van der Waals surface area contributed by atoms with Gasteiger partial charge in [-0.15, -0.1) is 0 Å². The van der Waals surface area contributed by atoms with E-state index in [9.17, 15) is 28.7 Å². The molecule has 0 radical (unpaired) electrons. The van der Waals surface area contributed by atoms with Crippen LogP contribution in [0, 0.1) is 17.8 Å². The summed E-state index contributed by atoms with van der Waals surface area (Å²) in [4.78, 5) is 50.3. The number of rotatable bonds is 10. The Morgan fingerprint density at radius 2 is 1.70 bits per heavy atom. The molecule has 2 aliphatic rings. The molecule has 2 aliphatic carbocycles. The first-order valence-electron chi connectivity index (χ1n) is 15.4. The highest BCUT2D eigenvalue weighted by Gasteiger charge is 2.34. The summed E-state index contributed by atoms with van der Waals surface area (Å²) in [6, 6.07) is 4.89. The number of carbonyl (C=O) groups excluding carboxylic acids is 3. The van der Waals surface area contributed by atoms with Crippen LogP contribution in [0.3, 0.4) is 0 Å². The number of carbonyl (C=O) groups is 4. The second kappa shape index (κ2) is 14.2. The first-order chi connectivity index (χ1) is 20.4. The van der Waals surface area contributed by atoms with E-state index in [1.54, 1.807) is 39.0 Å². The number of furan rings is 1. The highest BCUT2D eigenvalue weighted by atomic mass is 19.1. The van der Waals surface area contributed by atoms with Gasteiger partial charge in [0.05, 0.1) is 6.04 Å². The minimum Gasteiger partial charge on any atom is -0.475 e. The highest BCUT2D eigenvalue weighted by molar-refractivity contribution is 5.99. The molecule has 1 heterocycles. The fraction of sp³-hybridized carbons (Fsp3) is 0.625. The molecule has 0 spiro atoms. The lowest BCUT2D eigenvalue weighted by Crippen LogP contribution is -2.49. The molecule has 2 saturated carbocycles. The third-order valence-corrected chi connectivity index (χ3v) is 8.50. The van der Waals surface area contributed by atoms with Crippen LogP contribution in [0.1, 0.15) is 95.5 Å². The first-order valence-corrected chi connectivity index (χ1v) is 15.4. The molecule has 1 aromatic heterocycles. The minimum atomic E-state index is -1.18. The molecule has 1 aromatic carbocycles. The van der Waals surface area contributed by atoms with Crippen LogP contribution in [0.15, 0.2) is 28.7 Å². The van der Waals surface area contributed by atoms with Crippen molar-refractivity contribution in [2.75, 3.05) is 12.0 Å². The van der Waals surface area contributed by atoms with Gasteiger partial charge >= 0.3 is 12.1 Å². The number of amides is 3. The molecule has 2 atom stereocenters. The van der Waals surface area contributed by atoms with Crippen LogP contribution in [0.25, 0.3) is 11.0 Å². The van der Waals surface area contributed by atoms with E-state index in [2.05, 4.69) is 16.0 Å². The van der Waals surface area contributed by atoms with Gasteiger partial charge < -0.3 is 30.2 Å². The summed E-state index contributed by atoms with van der Waals surface area (Å²) >= 11 is 0. The smallest absolute Gasteiger partial charge is 0.407 e. The Balaban J connectivity index is 1.37. The molecular formula is C32H44FN3O7. The molecule has 3 amide bonds. The number of carboxylic acids is 1. The Hall–Kier alpha value is -3.63. The molecule has 2 fully saturated rings. The van der Waals surface area contributed by atoms with Crippen molar-refractivity contribution in [2.24, 2.45) is 17.8 Å². The average Bonchev–Trinajstić information content (AvgIpc) is 3.39. The Labute approximate surface area is 251 Å². The second-order valence-corrected chi connectivity index (χ2v) is 13.0. The zero-order chi connectivity index (χ0) is 31.1. The highest BCUT2D eigenvalue weighted by Crippen LogP contribution is 2.33. The van der Waals surface area contributed by atoms with E-state index in [-0.39, 0.29) is 29.4 Å². The number of hydrogen-bond acceptors (Lipinski definition) is 6. The second-order valence-electron chi connectivity index (χ2n) is 13.0. The van der Waals surface area contributed by atoms with Crippen LogP contribution in [0.5, 0.6) is 0 Å². The van der Waals surface area contributed by atoms with Crippen molar-refractivity contribution < 1.29 is 37.8 Å². The van der Waals surface area contributed by atoms with Gasteiger partial charge in [0.2, 0.25) is 17.6 Å². The van der Waals surface area contributed by atoms with Gasteiger partial charge in [-0.05, 0) is 89.0 Å². The van der Waals surface area contributed by atoms with E-state index in [0.717, 1.165) is 25.7 Å². The van der Waals surface area contributed by atoms with Gasteiger partial charge in [-0.25, -0.2) is 14.0 Å². The van der Waals surface area contributed by atoms with E-state index < -0.39 is 36.4 Å². The summed E-state index contributed by atoms with van der Waals surface area (Å²) in [5, 5.41) is 18.3. The van der Waals surface area contributed by atoms with E-state index in [4.69, 9.17) is 9.15 Å². The summed E-state index contributed by atoms with van der Waals surface area (Å²) in [5.41, 5.74) is 0.194. The topological polar surface area (TPSA) is 147 Å². The Morgan fingerprint density at radius 3 is 2.33 bits per heavy atom. The van der Waals surface area contributed by atoms with Gasteiger partial charge in [0.15, 0.2) is 0 Å². The van der Waals surface area contributed by atoms with Gasteiger partial charge in [-0.3, -0.25) is 9.59 Å². The van der Waals surface area contributed by atoms with Gasteiger partial charge in [0, 0.05) is 17.0 Å². The molecule has 11 heteroatoms. The molecule has 2 aromatic rings.